The highest BCUT2D eigenvalue weighted by atomic mass is 16.5. The number of carbonyl (C=O) groups excluding carboxylic acids is 2. The second-order valence-corrected chi connectivity index (χ2v) is 5.61. The zero-order valence-corrected chi connectivity index (χ0v) is 12.6. The van der Waals surface area contributed by atoms with E-state index in [0.717, 1.165) is 19.3 Å². The molecule has 114 valence electrons. The number of pyridine rings is 1. The van der Waals surface area contributed by atoms with Crippen molar-refractivity contribution in [2.24, 2.45) is 5.92 Å². The number of nitrogens with one attached hydrogen (secondary N) is 1. The van der Waals surface area contributed by atoms with Crippen LogP contribution in [0.3, 0.4) is 0 Å². The summed E-state index contributed by atoms with van der Waals surface area (Å²) in [5.74, 6) is -0.246. The van der Waals surface area contributed by atoms with Crippen LogP contribution in [-0.4, -0.2) is 29.5 Å². The van der Waals surface area contributed by atoms with Crippen molar-refractivity contribution in [1.29, 1.82) is 0 Å². The van der Waals surface area contributed by atoms with Crippen molar-refractivity contribution < 1.29 is 14.3 Å². The molecular formula is C16H22N2O3. The average Bonchev–Trinajstić information content (AvgIpc) is 2.54. The Labute approximate surface area is 125 Å². The number of hydrogen-bond donors (Lipinski definition) is 1. The number of ether oxygens (including phenoxy) is 1. The molecule has 1 saturated carbocycles. The van der Waals surface area contributed by atoms with Crippen LogP contribution in [0, 0.1) is 5.92 Å². The Morgan fingerprint density at radius 3 is 2.90 bits per heavy atom. The number of aromatic nitrogens is 1. The van der Waals surface area contributed by atoms with Gasteiger partial charge in [-0.2, -0.15) is 0 Å². The third-order valence-electron chi connectivity index (χ3n) is 4.26. The van der Waals surface area contributed by atoms with E-state index in [2.05, 4.69) is 17.2 Å². The van der Waals surface area contributed by atoms with Gasteiger partial charge in [-0.25, -0.2) is 4.79 Å². The molecule has 0 aliphatic heterocycles. The van der Waals surface area contributed by atoms with Gasteiger partial charge < -0.3 is 10.1 Å². The highest BCUT2D eigenvalue weighted by molar-refractivity contribution is 5.96. The summed E-state index contributed by atoms with van der Waals surface area (Å²) in [6.45, 7) is 2.11. The summed E-state index contributed by atoms with van der Waals surface area (Å²) in [6.07, 6.45) is 5.82. The minimum atomic E-state index is -0.914. The van der Waals surface area contributed by atoms with Crippen LogP contribution < -0.4 is 5.32 Å². The van der Waals surface area contributed by atoms with E-state index in [4.69, 9.17) is 4.74 Å². The normalized spacial score (nSPS) is 25.1. The van der Waals surface area contributed by atoms with E-state index in [0.29, 0.717) is 24.5 Å². The molecule has 2 atom stereocenters. The highest BCUT2D eigenvalue weighted by Crippen LogP contribution is 2.35. The van der Waals surface area contributed by atoms with Crippen LogP contribution in [0.2, 0.25) is 0 Å². The Morgan fingerprint density at radius 1 is 1.48 bits per heavy atom. The first-order valence-corrected chi connectivity index (χ1v) is 7.43. The number of esters is 1. The lowest BCUT2D eigenvalue weighted by Crippen LogP contribution is -2.57. The van der Waals surface area contributed by atoms with Gasteiger partial charge in [-0.15, -0.1) is 0 Å². The van der Waals surface area contributed by atoms with Gasteiger partial charge in [0.1, 0.15) is 11.2 Å². The summed E-state index contributed by atoms with van der Waals surface area (Å²) >= 11 is 0. The van der Waals surface area contributed by atoms with Crippen molar-refractivity contribution in [2.45, 2.75) is 44.6 Å². The summed E-state index contributed by atoms with van der Waals surface area (Å²) in [5.41, 5.74) is -0.596. The van der Waals surface area contributed by atoms with Gasteiger partial charge in [-0.3, -0.25) is 9.78 Å². The van der Waals surface area contributed by atoms with Crippen molar-refractivity contribution >= 4 is 11.9 Å². The van der Waals surface area contributed by atoms with Gasteiger partial charge in [-0.1, -0.05) is 32.3 Å². The molecule has 2 rings (SSSR count). The summed E-state index contributed by atoms with van der Waals surface area (Å²) in [5, 5.41) is 2.89. The maximum atomic E-state index is 12.4. The number of methoxy groups -OCH3 is 1. The third kappa shape index (κ3) is 3.40. The molecule has 1 fully saturated rings. The molecule has 1 aliphatic carbocycles. The van der Waals surface area contributed by atoms with E-state index in [1.54, 1.807) is 24.4 Å². The molecule has 1 heterocycles. The number of rotatable bonds is 4. The number of carbonyl (C=O) groups is 2. The first kappa shape index (κ1) is 15.5. The maximum Gasteiger partial charge on any atom is 0.331 e. The second-order valence-electron chi connectivity index (χ2n) is 5.61. The number of amides is 1. The molecule has 1 amide bonds. The van der Waals surface area contributed by atoms with Crippen LogP contribution in [0.15, 0.2) is 24.4 Å². The standard InChI is InChI=1S/C16H22N2O3/c1-3-12-7-6-9-16(11-12,15(20)21-2)18-14(19)13-8-4-5-10-17-13/h4-5,8,10,12H,3,6-7,9,11H2,1-2H3,(H,18,19). The van der Waals surface area contributed by atoms with Crippen LogP contribution >= 0.6 is 0 Å². The molecule has 0 aromatic carbocycles. The van der Waals surface area contributed by atoms with E-state index in [1.807, 2.05) is 0 Å². The van der Waals surface area contributed by atoms with Gasteiger partial charge in [0.15, 0.2) is 0 Å². The molecule has 1 aliphatic rings. The summed E-state index contributed by atoms with van der Waals surface area (Å²) < 4.78 is 4.95. The van der Waals surface area contributed by atoms with Gasteiger partial charge in [0.2, 0.25) is 0 Å². The molecule has 2 unspecified atom stereocenters. The molecule has 1 aromatic rings. The Kier molecular flexibility index (Phi) is 4.94. The van der Waals surface area contributed by atoms with Crippen molar-refractivity contribution in [3.63, 3.8) is 0 Å². The Balaban J connectivity index is 2.21. The highest BCUT2D eigenvalue weighted by Gasteiger charge is 2.44. The molecule has 5 nitrogen and oxygen atoms in total. The van der Waals surface area contributed by atoms with Crippen LogP contribution in [0.5, 0.6) is 0 Å². The van der Waals surface area contributed by atoms with Crippen molar-refractivity contribution in [2.75, 3.05) is 7.11 Å². The minimum Gasteiger partial charge on any atom is -0.467 e. The third-order valence-corrected chi connectivity index (χ3v) is 4.26. The Morgan fingerprint density at radius 2 is 2.29 bits per heavy atom. The monoisotopic (exact) mass is 290 g/mol. The predicted molar refractivity (Wildman–Crippen MR) is 78.7 cm³/mol. The summed E-state index contributed by atoms with van der Waals surface area (Å²) in [4.78, 5) is 28.6. The van der Waals surface area contributed by atoms with E-state index in [1.165, 1.54) is 7.11 Å². The number of hydrogen-bond acceptors (Lipinski definition) is 4. The molecule has 0 bridgehead atoms. The van der Waals surface area contributed by atoms with E-state index in [-0.39, 0.29) is 11.9 Å². The zero-order chi connectivity index (χ0) is 15.3. The molecular weight excluding hydrogens is 268 g/mol. The molecule has 1 N–H and O–H groups in total. The quantitative estimate of drug-likeness (QED) is 0.864. The summed E-state index contributed by atoms with van der Waals surface area (Å²) in [6, 6.07) is 5.14. The van der Waals surface area contributed by atoms with Crippen molar-refractivity contribution in [3.8, 4) is 0 Å². The van der Waals surface area contributed by atoms with Gasteiger partial charge in [0.25, 0.3) is 5.91 Å². The average molecular weight is 290 g/mol. The maximum absolute atomic E-state index is 12.4. The first-order chi connectivity index (χ1) is 10.1. The van der Waals surface area contributed by atoms with E-state index >= 15 is 0 Å². The molecule has 5 heteroatoms. The van der Waals surface area contributed by atoms with Gasteiger partial charge >= 0.3 is 5.97 Å². The second kappa shape index (κ2) is 6.70. The van der Waals surface area contributed by atoms with E-state index < -0.39 is 5.54 Å². The smallest absolute Gasteiger partial charge is 0.331 e. The molecule has 0 saturated heterocycles. The molecule has 21 heavy (non-hydrogen) atoms. The van der Waals surface area contributed by atoms with Crippen LogP contribution in [-0.2, 0) is 9.53 Å². The lowest BCUT2D eigenvalue weighted by Gasteiger charge is -2.38. The Hall–Kier alpha value is -1.91. The van der Waals surface area contributed by atoms with Crippen molar-refractivity contribution in [3.05, 3.63) is 30.1 Å². The first-order valence-electron chi connectivity index (χ1n) is 7.43. The Bertz CT molecular complexity index is 504. The van der Waals surface area contributed by atoms with Gasteiger partial charge in [0.05, 0.1) is 7.11 Å². The fourth-order valence-corrected chi connectivity index (χ4v) is 3.06. The van der Waals surface area contributed by atoms with Crippen LogP contribution in [0.4, 0.5) is 0 Å². The zero-order valence-electron chi connectivity index (χ0n) is 12.6. The largest absolute Gasteiger partial charge is 0.467 e. The van der Waals surface area contributed by atoms with Crippen LogP contribution in [0.1, 0.15) is 49.5 Å². The lowest BCUT2D eigenvalue weighted by atomic mass is 9.74. The van der Waals surface area contributed by atoms with Gasteiger partial charge in [-0.05, 0) is 30.9 Å². The summed E-state index contributed by atoms with van der Waals surface area (Å²) in [7, 11) is 1.37. The predicted octanol–water partition coefficient (Wildman–Crippen LogP) is 2.32. The van der Waals surface area contributed by atoms with Crippen LogP contribution in [0.25, 0.3) is 0 Å². The number of nitrogens with zero attached hydrogens (tertiary/aromatic N) is 1. The SMILES string of the molecule is CCC1CCCC(NC(=O)c2ccccn2)(C(=O)OC)C1. The lowest BCUT2D eigenvalue weighted by molar-refractivity contribution is -0.150. The van der Waals surface area contributed by atoms with Gasteiger partial charge in [0, 0.05) is 6.20 Å². The molecule has 0 spiro atoms. The topological polar surface area (TPSA) is 68.3 Å². The van der Waals surface area contributed by atoms with Crippen molar-refractivity contribution in [1.82, 2.24) is 10.3 Å². The fraction of sp³-hybridized carbons (Fsp3) is 0.562. The molecule has 0 radical (unpaired) electrons. The molecule has 1 aromatic heterocycles. The minimum absolute atomic E-state index is 0.319. The van der Waals surface area contributed by atoms with E-state index in [9.17, 15) is 9.59 Å². The fourth-order valence-electron chi connectivity index (χ4n) is 3.06.